The Morgan fingerprint density at radius 3 is 2.50 bits per heavy atom. The van der Waals surface area contributed by atoms with Crippen LogP contribution in [0.2, 0.25) is 0 Å². The molecule has 0 spiro atoms. The number of halogens is 1. The van der Waals surface area contributed by atoms with Crippen molar-refractivity contribution in [3.63, 3.8) is 0 Å². The molecule has 2 aromatic carbocycles. The summed E-state index contributed by atoms with van der Waals surface area (Å²) >= 11 is 0. The third kappa shape index (κ3) is 5.36. The van der Waals surface area contributed by atoms with Gasteiger partial charge in [-0.2, -0.15) is 0 Å². The van der Waals surface area contributed by atoms with E-state index in [0.717, 1.165) is 15.0 Å². The normalized spacial score (nSPS) is 17.2. The average molecular weight is 496 g/mol. The molecule has 0 unspecified atom stereocenters. The Morgan fingerprint density at radius 1 is 1.14 bits per heavy atom. The number of amides is 2. The van der Waals surface area contributed by atoms with E-state index >= 15 is 0 Å². The van der Waals surface area contributed by atoms with Crippen LogP contribution in [0.5, 0.6) is 5.75 Å². The van der Waals surface area contributed by atoms with E-state index < -0.39 is 47.0 Å². The van der Waals surface area contributed by atoms with E-state index in [1.807, 2.05) is 30.3 Å². The average Bonchev–Trinajstić information content (AvgIpc) is 3.31. The van der Waals surface area contributed by atoms with Gasteiger partial charge in [-0.25, -0.2) is 14.2 Å². The maximum Gasteiger partial charge on any atom is 0.408 e. The number of rotatable bonds is 7. The van der Waals surface area contributed by atoms with E-state index in [4.69, 9.17) is 4.74 Å². The first kappa shape index (κ1) is 24.9. The summed E-state index contributed by atoms with van der Waals surface area (Å²) < 4.78 is 20.1. The lowest BCUT2D eigenvalue weighted by Crippen LogP contribution is -2.36. The highest BCUT2D eigenvalue weighted by atomic mass is 19.1. The number of carbonyl (C=O) groups is 2. The van der Waals surface area contributed by atoms with Gasteiger partial charge in [0.2, 0.25) is 5.75 Å². The molecule has 2 amide bonds. The van der Waals surface area contributed by atoms with E-state index in [-0.39, 0.29) is 31.9 Å². The first-order chi connectivity index (χ1) is 17.2. The van der Waals surface area contributed by atoms with Crippen molar-refractivity contribution >= 4 is 12.0 Å². The molecule has 188 valence electrons. The van der Waals surface area contributed by atoms with Crippen LogP contribution in [0, 0.1) is 5.82 Å². The zero-order chi connectivity index (χ0) is 25.8. The van der Waals surface area contributed by atoms with Crippen LogP contribution in [0.4, 0.5) is 9.18 Å². The number of carboxylic acid groups (broad SMARTS) is 1. The summed E-state index contributed by atoms with van der Waals surface area (Å²) in [5.74, 6) is -2.09. The minimum Gasteiger partial charge on any atom is -0.501 e. The molecule has 1 aliphatic heterocycles. The van der Waals surface area contributed by atoms with Crippen molar-refractivity contribution in [2.45, 2.75) is 31.7 Å². The van der Waals surface area contributed by atoms with Crippen LogP contribution in [0.25, 0.3) is 0 Å². The van der Waals surface area contributed by atoms with Gasteiger partial charge in [-0.1, -0.05) is 42.5 Å². The zero-order valence-corrected chi connectivity index (χ0v) is 19.4. The fraction of sp³-hybridized carbons (Fsp3) is 0.280. The highest BCUT2D eigenvalue weighted by Crippen LogP contribution is 2.33. The molecule has 36 heavy (non-hydrogen) atoms. The van der Waals surface area contributed by atoms with E-state index in [0.29, 0.717) is 5.56 Å². The number of aromatic hydroxyl groups is 1. The Morgan fingerprint density at radius 2 is 1.83 bits per heavy atom. The van der Waals surface area contributed by atoms with Gasteiger partial charge in [-0.15, -0.1) is 0 Å². The van der Waals surface area contributed by atoms with Crippen molar-refractivity contribution in [3.05, 3.63) is 93.4 Å². The van der Waals surface area contributed by atoms with Crippen molar-refractivity contribution in [1.29, 1.82) is 0 Å². The summed E-state index contributed by atoms with van der Waals surface area (Å²) in [5, 5.41) is 22.6. The smallest absolute Gasteiger partial charge is 0.408 e. The largest absolute Gasteiger partial charge is 0.501 e. The van der Waals surface area contributed by atoms with E-state index in [2.05, 4.69) is 10.3 Å². The molecular weight excluding hydrogens is 471 g/mol. The molecule has 1 aromatic heterocycles. The van der Waals surface area contributed by atoms with Gasteiger partial charge in [0.05, 0.1) is 25.3 Å². The first-order valence-corrected chi connectivity index (χ1v) is 11.2. The second-order valence-corrected chi connectivity index (χ2v) is 8.45. The van der Waals surface area contributed by atoms with Crippen LogP contribution in [0.3, 0.4) is 0 Å². The summed E-state index contributed by atoms with van der Waals surface area (Å²) in [6, 6.07) is 14.0. The molecule has 3 N–H and O–H groups in total. The fourth-order valence-corrected chi connectivity index (χ4v) is 4.09. The highest BCUT2D eigenvalue weighted by Gasteiger charge is 2.40. The number of benzene rings is 2. The van der Waals surface area contributed by atoms with E-state index in [1.165, 1.54) is 31.3 Å². The molecule has 1 fully saturated rings. The van der Waals surface area contributed by atoms with Crippen molar-refractivity contribution in [3.8, 4) is 5.75 Å². The topological polar surface area (TPSA) is 134 Å². The molecule has 10 nitrogen and oxygen atoms in total. The van der Waals surface area contributed by atoms with Gasteiger partial charge < -0.3 is 20.3 Å². The van der Waals surface area contributed by atoms with E-state index in [9.17, 15) is 29.0 Å². The summed E-state index contributed by atoms with van der Waals surface area (Å²) in [7, 11) is 1.35. The Balaban J connectivity index is 1.56. The van der Waals surface area contributed by atoms with Crippen molar-refractivity contribution in [1.82, 2.24) is 19.8 Å². The Kier molecular flexibility index (Phi) is 7.30. The summed E-state index contributed by atoms with van der Waals surface area (Å²) in [5.41, 5.74) is 0.123. The number of likely N-dealkylation sites (tertiary alicyclic amines) is 1. The number of nitrogens with one attached hydrogen (secondary N) is 1. The Labute approximate surface area is 205 Å². The van der Waals surface area contributed by atoms with Gasteiger partial charge in [0, 0.05) is 20.0 Å². The van der Waals surface area contributed by atoms with Crippen molar-refractivity contribution in [2.24, 2.45) is 7.05 Å². The van der Waals surface area contributed by atoms with E-state index in [1.54, 1.807) is 0 Å². The van der Waals surface area contributed by atoms with Crippen LogP contribution in [-0.4, -0.2) is 49.3 Å². The molecule has 1 saturated heterocycles. The van der Waals surface area contributed by atoms with Crippen LogP contribution >= 0.6 is 0 Å². The second-order valence-electron chi connectivity index (χ2n) is 8.45. The fourth-order valence-electron chi connectivity index (χ4n) is 4.09. The summed E-state index contributed by atoms with van der Waals surface area (Å²) in [4.78, 5) is 42.8. The molecule has 0 radical (unpaired) electrons. The van der Waals surface area contributed by atoms with Gasteiger partial charge in [-0.05, 0) is 23.3 Å². The van der Waals surface area contributed by atoms with Crippen molar-refractivity contribution in [2.75, 3.05) is 6.54 Å². The number of nitrogens with zero attached hydrogens (tertiary/aromatic N) is 3. The van der Waals surface area contributed by atoms with Gasteiger partial charge in [-0.3, -0.25) is 19.1 Å². The van der Waals surface area contributed by atoms with Gasteiger partial charge >= 0.3 is 6.09 Å². The van der Waals surface area contributed by atoms with Crippen LogP contribution in [0.1, 0.15) is 39.9 Å². The third-order valence-electron chi connectivity index (χ3n) is 6.02. The minimum absolute atomic E-state index is 0.00482. The molecule has 0 saturated carbocycles. The quantitative estimate of drug-likeness (QED) is 0.458. The molecule has 0 aliphatic carbocycles. The standard InChI is InChI=1S/C25H25FN4O6/c1-29-22(19-11-18(13-30(19)25(34)35)36-14-16-5-3-2-4-6-16)28-20(21(31)24(29)33)23(32)27-12-15-7-9-17(26)10-8-15/h2-10,18-19,31H,11-14H2,1H3,(H,27,32)(H,34,35)/t18-,19+/m1/s1. The molecule has 11 heteroatoms. The molecular formula is C25H25FN4O6. The first-order valence-electron chi connectivity index (χ1n) is 11.2. The number of ether oxygens (including phenoxy) is 1. The van der Waals surface area contributed by atoms with Gasteiger partial charge in [0.25, 0.3) is 11.5 Å². The maximum absolute atomic E-state index is 13.1. The van der Waals surface area contributed by atoms with Crippen molar-refractivity contribution < 1.29 is 28.9 Å². The Bertz CT molecular complexity index is 1310. The van der Waals surface area contributed by atoms with Crippen LogP contribution in [0.15, 0.2) is 59.4 Å². The molecule has 0 bridgehead atoms. The maximum atomic E-state index is 13.1. The van der Waals surface area contributed by atoms with Crippen LogP contribution in [-0.2, 0) is 24.9 Å². The molecule has 4 rings (SSSR count). The lowest BCUT2D eigenvalue weighted by Gasteiger charge is -2.23. The molecule has 3 aromatic rings. The predicted molar refractivity (Wildman–Crippen MR) is 126 cm³/mol. The molecule has 1 aliphatic rings. The zero-order valence-electron chi connectivity index (χ0n) is 19.4. The number of carbonyl (C=O) groups excluding carboxylic acids is 1. The lowest BCUT2D eigenvalue weighted by molar-refractivity contribution is 0.0465. The third-order valence-corrected chi connectivity index (χ3v) is 6.02. The van der Waals surface area contributed by atoms with Gasteiger partial charge in [0.15, 0.2) is 5.69 Å². The number of hydrogen-bond donors (Lipinski definition) is 3. The molecule has 2 heterocycles. The molecule has 2 atom stereocenters. The minimum atomic E-state index is -1.23. The number of aromatic nitrogens is 2. The number of hydrogen-bond acceptors (Lipinski definition) is 6. The Hall–Kier alpha value is -4.25. The highest BCUT2D eigenvalue weighted by molar-refractivity contribution is 5.94. The van der Waals surface area contributed by atoms with Gasteiger partial charge in [0.1, 0.15) is 11.6 Å². The predicted octanol–water partition coefficient (Wildman–Crippen LogP) is 2.57. The van der Waals surface area contributed by atoms with Crippen LogP contribution < -0.4 is 10.9 Å². The summed E-state index contributed by atoms with van der Waals surface area (Å²) in [6.45, 7) is 0.338. The second kappa shape index (κ2) is 10.6. The SMILES string of the molecule is Cn1c([C@@H]2C[C@@H](OCc3ccccc3)CN2C(=O)O)nc(C(=O)NCc2ccc(F)cc2)c(O)c1=O. The monoisotopic (exact) mass is 496 g/mol. The summed E-state index contributed by atoms with van der Waals surface area (Å²) in [6.07, 6.45) is -1.48. The lowest BCUT2D eigenvalue weighted by atomic mass is 10.1.